The molecular weight excluding hydrogens is 362 g/mol. The van der Waals surface area contributed by atoms with Crippen LogP contribution in [0.5, 0.6) is 0 Å². The number of rotatable bonds is 5. The van der Waals surface area contributed by atoms with Crippen LogP contribution < -0.4 is 10.9 Å². The third-order valence-electron chi connectivity index (χ3n) is 3.87. The van der Waals surface area contributed by atoms with Gasteiger partial charge in [-0.2, -0.15) is 0 Å². The van der Waals surface area contributed by atoms with Crippen molar-refractivity contribution in [1.29, 1.82) is 0 Å². The first-order valence-electron chi connectivity index (χ1n) is 8.24. The molecule has 27 heavy (non-hydrogen) atoms. The van der Waals surface area contributed by atoms with Crippen molar-refractivity contribution in [3.63, 3.8) is 0 Å². The molecule has 4 aromatic rings. The summed E-state index contributed by atoms with van der Waals surface area (Å²) in [5.74, 6) is 0.557. The summed E-state index contributed by atoms with van der Waals surface area (Å²) in [6.45, 7) is 0. The van der Waals surface area contributed by atoms with E-state index in [1.807, 2.05) is 36.4 Å². The molecule has 0 saturated heterocycles. The molecule has 1 N–H and O–H groups in total. The number of anilines is 1. The molecule has 0 spiro atoms. The zero-order chi connectivity index (χ0) is 18.6. The predicted molar refractivity (Wildman–Crippen MR) is 104 cm³/mol. The van der Waals surface area contributed by atoms with Gasteiger partial charge in [-0.3, -0.25) is 14.0 Å². The number of hydrogen-bond acceptors (Lipinski definition) is 5. The third kappa shape index (κ3) is 3.93. The molecule has 0 aliphatic carbocycles. The molecular formula is C20H15N3O3S. The van der Waals surface area contributed by atoms with Crippen molar-refractivity contribution in [3.05, 3.63) is 94.9 Å². The van der Waals surface area contributed by atoms with Gasteiger partial charge in [-0.25, -0.2) is 4.98 Å². The van der Waals surface area contributed by atoms with Gasteiger partial charge < -0.3 is 9.73 Å². The van der Waals surface area contributed by atoms with E-state index in [0.717, 1.165) is 10.6 Å². The summed E-state index contributed by atoms with van der Waals surface area (Å²) < 4.78 is 6.59. The number of fused-ring (bicyclic) bond motifs is 1. The van der Waals surface area contributed by atoms with Crippen LogP contribution in [-0.2, 0) is 5.75 Å². The zero-order valence-corrected chi connectivity index (χ0v) is 15.0. The van der Waals surface area contributed by atoms with E-state index in [1.165, 1.54) is 10.7 Å². The van der Waals surface area contributed by atoms with E-state index >= 15 is 0 Å². The average Bonchev–Trinajstić information content (AvgIpc) is 3.23. The highest BCUT2D eigenvalue weighted by atomic mass is 32.2. The second-order valence-electron chi connectivity index (χ2n) is 5.76. The van der Waals surface area contributed by atoms with Crippen LogP contribution in [0.2, 0.25) is 0 Å². The van der Waals surface area contributed by atoms with Crippen LogP contribution in [0.1, 0.15) is 16.2 Å². The summed E-state index contributed by atoms with van der Waals surface area (Å²) >= 11 is 1.57. The molecule has 0 unspecified atom stereocenters. The highest BCUT2D eigenvalue weighted by Gasteiger charge is 2.08. The van der Waals surface area contributed by atoms with Gasteiger partial charge in [0.1, 0.15) is 5.65 Å². The molecule has 0 aliphatic rings. The second kappa shape index (κ2) is 7.51. The van der Waals surface area contributed by atoms with Crippen LogP contribution in [0, 0.1) is 0 Å². The molecule has 7 heteroatoms. The van der Waals surface area contributed by atoms with Gasteiger partial charge >= 0.3 is 0 Å². The van der Waals surface area contributed by atoms with Crippen LogP contribution in [0.15, 0.2) is 87.2 Å². The van der Waals surface area contributed by atoms with E-state index in [4.69, 9.17) is 4.42 Å². The second-order valence-corrected chi connectivity index (χ2v) is 6.81. The summed E-state index contributed by atoms with van der Waals surface area (Å²) in [6.07, 6.45) is 3.17. The van der Waals surface area contributed by atoms with Crippen LogP contribution in [-0.4, -0.2) is 15.3 Å². The lowest BCUT2D eigenvalue weighted by molar-refractivity contribution is 0.0996. The molecule has 0 fully saturated rings. The van der Waals surface area contributed by atoms with Crippen LogP contribution in [0.25, 0.3) is 5.65 Å². The molecule has 6 nitrogen and oxygen atoms in total. The topological polar surface area (TPSA) is 76.6 Å². The van der Waals surface area contributed by atoms with Gasteiger partial charge in [0.05, 0.1) is 12.0 Å². The van der Waals surface area contributed by atoms with E-state index in [1.54, 1.807) is 42.2 Å². The Morgan fingerprint density at radius 1 is 1.11 bits per heavy atom. The minimum Gasteiger partial charge on any atom is -0.459 e. The number of hydrogen-bond donors (Lipinski definition) is 1. The molecule has 0 bridgehead atoms. The van der Waals surface area contributed by atoms with Crippen molar-refractivity contribution in [3.8, 4) is 0 Å². The van der Waals surface area contributed by atoms with Gasteiger partial charge in [-0.1, -0.05) is 6.07 Å². The molecule has 1 aromatic carbocycles. The fourth-order valence-electron chi connectivity index (χ4n) is 2.57. The van der Waals surface area contributed by atoms with Crippen LogP contribution in [0.3, 0.4) is 0 Å². The normalized spacial score (nSPS) is 10.8. The van der Waals surface area contributed by atoms with Gasteiger partial charge in [-0.15, -0.1) is 11.8 Å². The van der Waals surface area contributed by atoms with Gasteiger partial charge in [0.25, 0.3) is 11.5 Å². The number of thioether (sulfide) groups is 1. The molecule has 3 aromatic heterocycles. The van der Waals surface area contributed by atoms with Gasteiger partial charge in [-0.05, 0) is 48.5 Å². The number of pyridine rings is 1. The lowest BCUT2D eigenvalue weighted by atomic mass is 10.3. The zero-order valence-electron chi connectivity index (χ0n) is 14.2. The predicted octanol–water partition coefficient (Wildman–Crippen LogP) is 3.83. The number of amides is 1. The lowest BCUT2D eigenvalue weighted by Gasteiger charge is -2.06. The van der Waals surface area contributed by atoms with E-state index < -0.39 is 0 Å². The Morgan fingerprint density at radius 2 is 1.96 bits per heavy atom. The first-order valence-corrected chi connectivity index (χ1v) is 9.23. The van der Waals surface area contributed by atoms with Gasteiger partial charge in [0.2, 0.25) is 0 Å². The number of nitrogens with zero attached hydrogens (tertiary/aromatic N) is 2. The van der Waals surface area contributed by atoms with E-state index in [0.29, 0.717) is 17.1 Å². The minimum absolute atomic E-state index is 0.0906. The van der Waals surface area contributed by atoms with Gasteiger partial charge in [0.15, 0.2) is 5.76 Å². The highest BCUT2D eigenvalue weighted by Crippen LogP contribution is 2.23. The lowest BCUT2D eigenvalue weighted by Crippen LogP contribution is -2.14. The Bertz CT molecular complexity index is 1140. The first-order chi connectivity index (χ1) is 13.2. The fraction of sp³-hybridized carbons (Fsp3) is 0.0500. The van der Waals surface area contributed by atoms with Crippen LogP contribution in [0.4, 0.5) is 5.69 Å². The minimum atomic E-state index is -0.291. The van der Waals surface area contributed by atoms with E-state index in [2.05, 4.69) is 10.3 Å². The largest absolute Gasteiger partial charge is 0.459 e. The number of nitrogens with one attached hydrogen (secondary N) is 1. The Hall–Kier alpha value is -3.32. The molecule has 0 aliphatic heterocycles. The van der Waals surface area contributed by atoms with E-state index in [-0.39, 0.29) is 17.2 Å². The maximum absolute atomic E-state index is 12.1. The Morgan fingerprint density at radius 3 is 2.74 bits per heavy atom. The van der Waals surface area contributed by atoms with Gasteiger partial charge in [0, 0.05) is 28.6 Å². The Kier molecular flexibility index (Phi) is 4.76. The molecule has 4 rings (SSSR count). The molecule has 134 valence electrons. The number of aromatic nitrogens is 2. The van der Waals surface area contributed by atoms with Crippen molar-refractivity contribution < 1.29 is 9.21 Å². The van der Waals surface area contributed by atoms with Crippen molar-refractivity contribution in [2.75, 3.05) is 5.32 Å². The molecule has 0 atom stereocenters. The maximum atomic E-state index is 12.1. The summed E-state index contributed by atoms with van der Waals surface area (Å²) in [5.41, 5.74) is 1.96. The number of benzene rings is 1. The standard InChI is InChI=1S/C20H15N3O3S/c24-19-12-15(21-18-5-1-2-10-23(18)19)13-27-16-8-6-14(7-9-16)22-20(25)17-4-3-11-26-17/h1-12H,13H2,(H,22,25). The Balaban J connectivity index is 1.42. The van der Waals surface area contributed by atoms with Crippen molar-refractivity contribution >= 4 is 29.0 Å². The quantitative estimate of drug-likeness (QED) is 0.535. The molecule has 0 saturated carbocycles. The molecule has 0 radical (unpaired) electrons. The average molecular weight is 377 g/mol. The number of furan rings is 1. The third-order valence-corrected chi connectivity index (χ3v) is 4.91. The Labute approximate surface area is 158 Å². The molecule has 1 amide bonds. The van der Waals surface area contributed by atoms with Crippen molar-refractivity contribution in [2.24, 2.45) is 0 Å². The SMILES string of the molecule is O=C(Nc1ccc(SCc2cc(=O)n3ccccc3n2)cc1)c1ccco1. The number of carbonyl (C=O) groups is 1. The summed E-state index contributed by atoms with van der Waals surface area (Å²) in [4.78, 5) is 29.6. The summed E-state index contributed by atoms with van der Waals surface area (Å²) in [6, 6.07) is 17.8. The first kappa shape index (κ1) is 17.1. The number of carbonyl (C=O) groups excluding carboxylic acids is 1. The summed E-state index contributed by atoms with van der Waals surface area (Å²) in [5, 5.41) is 2.77. The summed E-state index contributed by atoms with van der Waals surface area (Å²) in [7, 11) is 0. The van der Waals surface area contributed by atoms with Crippen molar-refractivity contribution in [2.45, 2.75) is 10.6 Å². The highest BCUT2D eigenvalue weighted by molar-refractivity contribution is 7.98. The smallest absolute Gasteiger partial charge is 0.291 e. The van der Waals surface area contributed by atoms with Crippen LogP contribution >= 0.6 is 11.8 Å². The van der Waals surface area contributed by atoms with Crippen molar-refractivity contribution in [1.82, 2.24) is 9.38 Å². The van der Waals surface area contributed by atoms with E-state index in [9.17, 15) is 9.59 Å². The maximum Gasteiger partial charge on any atom is 0.291 e. The molecule has 3 heterocycles. The monoisotopic (exact) mass is 377 g/mol. The fourth-order valence-corrected chi connectivity index (χ4v) is 3.36.